The summed E-state index contributed by atoms with van der Waals surface area (Å²) in [5.41, 5.74) is 3.69. The molecule has 0 saturated carbocycles. The van der Waals surface area contributed by atoms with E-state index >= 15 is 0 Å². The highest BCUT2D eigenvalue weighted by Gasteiger charge is 2.23. The lowest BCUT2D eigenvalue weighted by Crippen LogP contribution is -2.20. The molecule has 1 amide bonds. The molecular weight excluding hydrogens is 464 g/mol. The molecule has 0 fully saturated rings. The molecule has 1 aliphatic carbocycles. The van der Waals surface area contributed by atoms with Gasteiger partial charge in [-0.2, -0.15) is 5.26 Å². The Labute approximate surface area is 205 Å². The number of hydrogen-bond donors (Lipinski definition) is 1. The number of hydrogen-bond acceptors (Lipinski definition) is 7. The average molecular weight is 487 g/mol. The van der Waals surface area contributed by atoms with Gasteiger partial charge in [0.2, 0.25) is 11.2 Å². The Morgan fingerprint density at radius 1 is 1.14 bits per heavy atom. The van der Waals surface area contributed by atoms with E-state index in [1.54, 1.807) is 18.2 Å². The molecule has 1 aliphatic rings. The van der Waals surface area contributed by atoms with Crippen molar-refractivity contribution < 1.29 is 18.7 Å². The smallest absolute Gasteiger partial charge is 0.262 e. The lowest BCUT2D eigenvalue weighted by atomic mass is 10.1. The van der Waals surface area contributed by atoms with Gasteiger partial charge < -0.3 is 19.2 Å². The largest absolute Gasteiger partial charge is 0.484 e. The van der Waals surface area contributed by atoms with Crippen molar-refractivity contribution in [3.63, 3.8) is 0 Å². The number of ether oxygens (including phenoxy) is 2. The summed E-state index contributed by atoms with van der Waals surface area (Å²) >= 11 is 1.46. The van der Waals surface area contributed by atoms with E-state index in [0.717, 1.165) is 36.0 Å². The summed E-state index contributed by atoms with van der Waals surface area (Å²) in [5, 5.41) is 13.2. The van der Waals surface area contributed by atoms with Crippen LogP contribution in [0.15, 0.2) is 51.9 Å². The first-order valence-corrected chi connectivity index (χ1v) is 12.0. The second-order valence-corrected chi connectivity index (χ2v) is 9.63. The molecule has 0 radical (unpaired) electrons. The number of nitriles is 1. The zero-order valence-electron chi connectivity index (χ0n) is 19.3. The van der Waals surface area contributed by atoms with Crippen LogP contribution in [0, 0.1) is 25.2 Å². The molecule has 2 heterocycles. The summed E-state index contributed by atoms with van der Waals surface area (Å²) in [7, 11) is 0. The second kappa shape index (κ2) is 9.28. The van der Waals surface area contributed by atoms with E-state index < -0.39 is 0 Å². The number of aryl methyl sites for hydroxylation is 3. The minimum absolute atomic E-state index is 0.0895. The first-order valence-electron chi connectivity index (χ1n) is 11.2. The zero-order chi connectivity index (χ0) is 24.5. The maximum Gasteiger partial charge on any atom is 0.262 e. The van der Waals surface area contributed by atoms with Gasteiger partial charge in [-0.05, 0) is 74.1 Å². The van der Waals surface area contributed by atoms with Crippen LogP contribution in [0.3, 0.4) is 0 Å². The number of nitrogens with one attached hydrogen (secondary N) is 1. The van der Waals surface area contributed by atoms with E-state index in [9.17, 15) is 14.9 Å². The number of nitrogens with zero attached hydrogens (tertiary/aromatic N) is 1. The summed E-state index contributed by atoms with van der Waals surface area (Å²) in [6.45, 7) is 3.68. The van der Waals surface area contributed by atoms with Crippen LogP contribution in [-0.4, -0.2) is 12.5 Å². The molecule has 0 saturated heterocycles. The SMILES string of the molecule is Cc1cc(C)cc(Oc2coc3cc(OCC(=O)Nc4sc5c(c4C#N)CCC5)ccc3c2=O)c1. The van der Waals surface area contributed by atoms with Gasteiger partial charge in [-0.15, -0.1) is 11.3 Å². The van der Waals surface area contributed by atoms with Crippen molar-refractivity contribution in [2.24, 2.45) is 0 Å². The fraction of sp³-hybridized carbons (Fsp3) is 0.222. The lowest BCUT2D eigenvalue weighted by Gasteiger charge is -2.09. The highest BCUT2D eigenvalue weighted by Crippen LogP contribution is 2.38. The monoisotopic (exact) mass is 486 g/mol. The quantitative estimate of drug-likeness (QED) is 0.378. The van der Waals surface area contributed by atoms with Crippen molar-refractivity contribution in [3.05, 3.63) is 80.0 Å². The summed E-state index contributed by atoms with van der Waals surface area (Å²) in [5.74, 6) is 0.676. The Morgan fingerprint density at radius 3 is 2.71 bits per heavy atom. The van der Waals surface area contributed by atoms with Crippen molar-refractivity contribution in [2.75, 3.05) is 11.9 Å². The summed E-state index contributed by atoms with van der Waals surface area (Å²) < 4.78 is 17.0. The number of carbonyl (C=O) groups excluding carboxylic acids is 1. The highest BCUT2D eigenvalue weighted by molar-refractivity contribution is 7.16. The number of carbonyl (C=O) groups is 1. The van der Waals surface area contributed by atoms with Gasteiger partial charge >= 0.3 is 0 Å². The van der Waals surface area contributed by atoms with Crippen LogP contribution in [0.1, 0.15) is 33.6 Å². The van der Waals surface area contributed by atoms with Gasteiger partial charge in [0.1, 0.15) is 34.4 Å². The second-order valence-electron chi connectivity index (χ2n) is 8.52. The Kier molecular flexibility index (Phi) is 6.01. The molecule has 8 heteroatoms. The van der Waals surface area contributed by atoms with Crippen LogP contribution >= 0.6 is 11.3 Å². The third-order valence-electron chi connectivity index (χ3n) is 5.79. The minimum atomic E-state index is -0.361. The lowest BCUT2D eigenvalue weighted by molar-refractivity contribution is -0.118. The maximum absolute atomic E-state index is 12.9. The van der Waals surface area contributed by atoms with Gasteiger partial charge in [0.25, 0.3) is 5.91 Å². The third kappa shape index (κ3) is 4.63. The third-order valence-corrected chi connectivity index (χ3v) is 7.00. The van der Waals surface area contributed by atoms with E-state index in [4.69, 9.17) is 13.9 Å². The minimum Gasteiger partial charge on any atom is -0.484 e. The average Bonchev–Trinajstić information content (AvgIpc) is 3.39. The summed E-state index contributed by atoms with van der Waals surface area (Å²) in [6, 6.07) is 12.7. The fourth-order valence-corrected chi connectivity index (χ4v) is 5.55. The molecule has 0 unspecified atom stereocenters. The van der Waals surface area contributed by atoms with Crippen molar-refractivity contribution in [2.45, 2.75) is 33.1 Å². The first-order chi connectivity index (χ1) is 16.9. The van der Waals surface area contributed by atoms with Crippen LogP contribution in [-0.2, 0) is 17.6 Å². The van der Waals surface area contributed by atoms with E-state index in [1.165, 1.54) is 22.5 Å². The molecule has 2 aromatic carbocycles. The molecule has 0 spiro atoms. The van der Waals surface area contributed by atoms with Crippen molar-refractivity contribution in [1.82, 2.24) is 0 Å². The van der Waals surface area contributed by atoms with Crippen molar-refractivity contribution in [1.29, 1.82) is 5.26 Å². The van der Waals surface area contributed by atoms with Gasteiger partial charge in [0.05, 0.1) is 10.9 Å². The Morgan fingerprint density at radius 2 is 1.94 bits per heavy atom. The number of thiophene rings is 1. The summed E-state index contributed by atoms with van der Waals surface area (Å²) in [6.07, 6.45) is 4.14. The fourth-order valence-electron chi connectivity index (χ4n) is 4.29. The van der Waals surface area contributed by atoms with Gasteiger partial charge in [-0.3, -0.25) is 9.59 Å². The number of amides is 1. The number of fused-ring (bicyclic) bond motifs is 2. The molecule has 0 atom stereocenters. The van der Waals surface area contributed by atoms with E-state index in [1.807, 2.05) is 32.0 Å². The van der Waals surface area contributed by atoms with Crippen LogP contribution in [0.5, 0.6) is 17.2 Å². The predicted octanol–water partition coefficient (Wildman–Crippen LogP) is 5.64. The first kappa shape index (κ1) is 22.7. The molecule has 0 aliphatic heterocycles. The van der Waals surface area contributed by atoms with E-state index in [-0.39, 0.29) is 23.7 Å². The number of rotatable bonds is 6. The maximum atomic E-state index is 12.9. The van der Waals surface area contributed by atoms with E-state index in [0.29, 0.717) is 33.0 Å². The van der Waals surface area contributed by atoms with Gasteiger partial charge in [-0.25, -0.2) is 0 Å². The molecule has 176 valence electrons. The van der Waals surface area contributed by atoms with Crippen molar-refractivity contribution >= 4 is 33.2 Å². The van der Waals surface area contributed by atoms with Crippen LogP contribution in [0.4, 0.5) is 5.00 Å². The number of anilines is 1. The van der Waals surface area contributed by atoms with Crippen LogP contribution < -0.4 is 20.2 Å². The summed E-state index contributed by atoms with van der Waals surface area (Å²) in [4.78, 5) is 26.5. The molecule has 1 N–H and O–H groups in total. The van der Waals surface area contributed by atoms with Gasteiger partial charge in [0, 0.05) is 10.9 Å². The van der Waals surface area contributed by atoms with Gasteiger partial charge in [-0.1, -0.05) is 6.07 Å². The molecular formula is C27H22N2O5S. The van der Waals surface area contributed by atoms with Crippen molar-refractivity contribution in [3.8, 4) is 23.3 Å². The molecule has 5 rings (SSSR count). The molecule has 35 heavy (non-hydrogen) atoms. The molecule has 0 bridgehead atoms. The Hall–Kier alpha value is -4.09. The molecule has 2 aromatic heterocycles. The predicted molar refractivity (Wildman–Crippen MR) is 134 cm³/mol. The molecule has 7 nitrogen and oxygen atoms in total. The van der Waals surface area contributed by atoms with E-state index in [2.05, 4.69) is 11.4 Å². The zero-order valence-corrected chi connectivity index (χ0v) is 20.1. The number of benzene rings is 2. The Balaban J connectivity index is 1.28. The standard InChI is InChI=1S/C27H22N2O5S/c1-15-8-16(2)10-18(9-15)34-23-13-33-22-11-17(6-7-20(22)26(23)31)32-14-25(30)29-27-21(12-28)19-4-3-5-24(19)35-27/h6-11,13H,3-5,14H2,1-2H3,(H,29,30). The highest BCUT2D eigenvalue weighted by atomic mass is 32.1. The van der Waals surface area contributed by atoms with Crippen LogP contribution in [0.2, 0.25) is 0 Å². The van der Waals surface area contributed by atoms with Crippen LogP contribution in [0.25, 0.3) is 11.0 Å². The van der Waals surface area contributed by atoms with Gasteiger partial charge in [0.15, 0.2) is 6.61 Å². The Bertz CT molecular complexity index is 1540. The normalized spacial score (nSPS) is 12.3. The molecule has 4 aromatic rings. The topological polar surface area (TPSA) is 102 Å².